The second-order valence-electron chi connectivity index (χ2n) is 5.53. The molecule has 0 atom stereocenters. The zero-order valence-electron chi connectivity index (χ0n) is 11.8. The monoisotopic (exact) mass is 294 g/mol. The molecule has 3 nitrogen and oxygen atoms in total. The molecule has 0 bridgehead atoms. The maximum absolute atomic E-state index is 13.5. The number of halogens is 1. The van der Waals surface area contributed by atoms with E-state index in [4.69, 9.17) is 18.0 Å². The second kappa shape index (κ2) is 5.48. The first-order valence-electron chi connectivity index (χ1n) is 6.70. The Morgan fingerprint density at radius 3 is 2.35 bits per heavy atom. The van der Waals surface area contributed by atoms with Crippen molar-refractivity contribution in [2.45, 2.75) is 39.7 Å². The van der Waals surface area contributed by atoms with Gasteiger partial charge in [0, 0.05) is 6.54 Å². The van der Waals surface area contributed by atoms with Gasteiger partial charge in [0.2, 0.25) is 5.91 Å². The first kappa shape index (κ1) is 14.9. The molecular formula is C15H19FN2OS. The summed E-state index contributed by atoms with van der Waals surface area (Å²) in [7, 11) is 0. The van der Waals surface area contributed by atoms with E-state index < -0.39 is 5.41 Å². The Bertz CT molecular complexity index is 544. The summed E-state index contributed by atoms with van der Waals surface area (Å²) < 4.78 is 13.5. The number of hydrogen-bond acceptors (Lipinski definition) is 2. The van der Waals surface area contributed by atoms with Crippen LogP contribution in [-0.4, -0.2) is 10.9 Å². The summed E-state index contributed by atoms with van der Waals surface area (Å²) in [6, 6.07) is 3.49. The summed E-state index contributed by atoms with van der Waals surface area (Å²) in [5.41, 5.74) is 7.08. The van der Waals surface area contributed by atoms with Crippen molar-refractivity contribution in [2.24, 2.45) is 11.1 Å². The van der Waals surface area contributed by atoms with E-state index in [1.807, 2.05) is 0 Å². The smallest absolute Gasteiger partial charge is 0.233 e. The highest BCUT2D eigenvalue weighted by atomic mass is 32.1. The molecule has 0 aromatic heterocycles. The third kappa shape index (κ3) is 2.54. The fraction of sp³-hybridized carbons (Fsp3) is 0.467. The van der Waals surface area contributed by atoms with Crippen LogP contribution in [0.2, 0.25) is 0 Å². The Hall–Kier alpha value is -1.49. The molecule has 1 fully saturated rings. The zero-order chi connectivity index (χ0) is 14.9. The third-order valence-electron chi connectivity index (χ3n) is 4.06. The third-order valence-corrected chi connectivity index (χ3v) is 4.45. The lowest BCUT2D eigenvalue weighted by Crippen LogP contribution is -2.52. The lowest BCUT2D eigenvalue weighted by molar-refractivity contribution is -0.131. The van der Waals surface area contributed by atoms with Crippen molar-refractivity contribution in [3.63, 3.8) is 0 Å². The van der Waals surface area contributed by atoms with E-state index in [1.54, 1.807) is 26.0 Å². The van der Waals surface area contributed by atoms with Gasteiger partial charge < -0.3 is 11.1 Å². The van der Waals surface area contributed by atoms with Gasteiger partial charge in [0.25, 0.3) is 0 Å². The second-order valence-corrected chi connectivity index (χ2v) is 5.97. The molecule has 1 saturated carbocycles. The van der Waals surface area contributed by atoms with Crippen molar-refractivity contribution >= 4 is 23.1 Å². The lowest BCUT2D eigenvalue weighted by Gasteiger charge is -2.39. The van der Waals surface area contributed by atoms with Gasteiger partial charge in [-0.15, -0.1) is 0 Å². The number of benzene rings is 1. The van der Waals surface area contributed by atoms with Crippen LogP contribution in [0.3, 0.4) is 0 Å². The average molecular weight is 294 g/mol. The van der Waals surface area contributed by atoms with Crippen molar-refractivity contribution in [1.29, 1.82) is 0 Å². The molecular weight excluding hydrogens is 275 g/mol. The van der Waals surface area contributed by atoms with E-state index in [-0.39, 0.29) is 16.7 Å². The van der Waals surface area contributed by atoms with Gasteiger partial charge in [-0.3, -0.25) is 4.79 Å². The number of rotatable bonds is 4. The van der Waals surface area contributed by atoms with E-state index >= 15 is 0 Å². The highest BCUT2D eigenvalue weighted by Gasteiger charge is 2.46. The summed E-state index contributed by atoms with van der Waals surface area (Å²) in [6.45, 7) is 3.80. The van der Waals surface area contributed by atoms with Crippen molar-refractivity contribution in [3.05, 3.63) is 34.6 Å². The van der Waals surface area contributed by atoms with Gasteiger partial charge in [-0.05, 0) is 43.4 Å². The van der Waals surface area contributed by atoms with Gasteiger partial charge >= 0.3 is 0 Å². The average Bonchev–Trinajstić information content (AvgIpc) is 2.31. The van der Waals surface area contributed by atoms with Crippen LogP contribution in [0.1, 0.15) is 36.0 Å². The summed E-state index contributed by atoms with van der Waals surface area (Å²) in [6.07, 6.45) is 2.41. The molecule has 0 saturated heterocycles. The van der Waals surface area contributed by atoms with Crippen molar-refractivity contribution < 1.29 is 9.18 Å². The maximum Gasteiger partial charge on any atom is 0.233 e. The summed E-state index contributed by atoms with van der Waals surface area (Å²) >= 11 is 5.01. The Morgan fingerprint density at radius 2 is 1.95 bits per heavy atom. The van der Waals surface area contributed by atoms with E-state index in [0.29, 0.717) is 17.7 Å². The molecule has 0 radical (unpaired) electrons. The van der Waals surface area contributed by atoms with E-state index in [9.17, 15) is 9.18 Å². The largest absolute Gasteiger partial charge is 0.392 e. The molecule has 1 aliphatic rings. The number of nitrogens with one attached hydrogen (secondary N) is 1. The molecule has 1 aliphatic carbocycles. The maximum atomic E-state index is 13.5. The Morgan fingerprint density at radius 1 is 1.40 bits per heavy atom. The number of carbonyl (C=O) groups excluding carboxylic acids is 1. The van der Waals surface area contributed by atoms with Crippen molar-refractivity contribution in [2.75, 3.05) is 0 Å². The van der Waals surface area contributed by atoms with Gasteiger partial charge in [-0.25, -0.2) is 4.39 Å². The van der Waals surface area contributed by atoms with Gasteiger partial charge in [0.1, 0.15) is 5.82 Å². The number of nitrogens with two attached hydrogens (primary N) is 1. The molecule has 1 amide bonds. The first-order valence-corrected chi connectivity index (χ1v) is 7.11. The van der Waals surface area contributed by atoms with Crippen LogP contribution >= 0.6 is 12.2 Å². The number of hydrogen-bond donors (Lipinski definition) is 2. The van der Waals surface area contributed by atoms with E-state index in [1.165, 1.54) is 0 Å². The van der Waals surface area contributed by atoms with Crippen LogP contribution in [0.25, 0.3) is 0 Å². The molecule has 0 unspecified atom stereocenters. The minimum atomic E-state index is -0.667. The highest BCUT2D eigenvalue weighted by molar-refractivity contribution is 7.80. The van der Waals surface area contributed by atoms with Crippen LogP contribution in [-0.2, 0) is 11.3 Å². The Balaban J connectivity index is 2.06. The van der Waals surface area contributed by atoms with Crippen LogP contribution in [0, 0.1) is 25.1 Å². The standard InChI is InChI=1S/C15H19FN2OS/c1-9-6-11(7-10(2)12(9)16)8-18-14(19)15(13(17)20)4-3-5-15/h6-7H,3-5,8H2,1-2H3,(H2,17,20)(H,18,19). The number of carbonyl (C=O) groups is 1. The van der Waals surface area contributed by atoms with E-state index in [2.05, 4.69) is 5.32 Å². The predicted octanol–water partition coefficient (Wildman–Crippen LogP) is 2.52. The van der Waals surface area contributed by atoms with Gasteiger partial charge in [-0.1, -0.05) is 30.8 Å². The lowest BCUT2D eigenvalue weighted by atomic mass is 9.68. The fourth-order valence-corrected chi connectivity index (χ4v) is 2.90. The van der Waals surface area contributed by atoms with Crippen LogP contribution in [0.5, 0.6) is 0 Å². The first-order chi connectivity index (χ1) is 9.36. The van der Waals surface area contributed by atoms with Gasteiger partial charge in [0.05, 0.1) is 10.4 Å². The predicted molar refractivity (Wildman–Crippen MR) is 80.8 cm³/mol. The molecule has 0 spiro atoms. The molecule has 5 heteroatoms. The van der Waals surface area contributed by atoms with Crippen molar-refractivity contribution in [1.82, 2.24) is 5.32 Å². The number of thiocarbonyl (C=S) groups is 1. The molecule has 1 aromatic carbocycles. The molecule has 0 aliphatic heterocycles. The summed E-state index contributed by atoms with van der Waals surface area (Å²) in [4.78, 5) is 12.5. The van der Waals surface area contributed by atoms with Gasteiger partial charge in [0.15, 0.2) is 0 Å². The van der Waals surface area contributed by atoms with Crippen LogP contribution < -0.4 is 11.1 Å². The molecule has 1 aromatic rings. The summed E-state index contributed by atoms with van der Waals surface area (Å²) in [5.74, 6) is -0.311. The minimum Gasteiger partial charge on any atom is -0.392 e. The SMILES string of the molecule is Cc1cc(CNC(=O)C2(C(N)=S)CCC2)cc(C)c1F. The number of amides is 1. The minimum absolute atomic E-state index is 0.115. The van der Waals surface area contributed by atoms with Crippen molar-refractivity contribution in [3.8, 4) is 0 Å². The van der Waals surface area contributed by atoms with Gasteiger partial charge in [-0.2, -0.15) is 0 Å². The number of aryl methyl sites for hydroxylation is 2. The normalized spacial score (nSPS) is 16.4. The molecule has 108 valence electrons. The summed E-state index contributed by atoms with van der Waals surface area (Å²) in [5, 5.41) is 2.87. The molecule has 0 heterocycles. The Kier molecular flexibility index (Phi) is 4.09. The quantitative estimate of drug-likeness (QED) is 0.839. The van der Waals surface area contributed by atoms with Crippen LogP contribution in [0.4, 0.5) is 4.39 Å². The molecule has 2 rings (SSSR count). The van der Waals surface area contributed by atoms with Crippen LogP contribution in [0.15, 0.2) is 12.1 Å². The fourth-order valence-electron chi connectivity index (χ4n) is 2.60. The molecule has 3 N–H and O–H groups in total. The topological polar surface area (TPSA) is 55.1 Å². The molecule has 20 heavy (non-hydrogen) atoms. The van der Waals surface area contributed by atoms with E-state index in [0.717, 1.165) is 24.8 Å². The Labute approximate surface area is 123 Å². The highest BCUT2D eigenvalue weighted by Crippen LogP contribution is 2.41. The zero-order valence-corrected chi connectivity index (χ0v) is 12.6.